The summed E-state index contributed by atoms with van der Waals surface area (Å²) in [6, 6.07) is 13.6. The van der Waals surface area contributed by atoms with Crippen molar-refractivity contribution in [2.45, 2.75) is 19.4 Å². The number of carbonyl (C=O) groups excluding carboxylic acids is 2. The van der Waals surface area contributed by atoms with Crippen molar-refractivity contribution in [2.75, 3.05) is 30.3 Å². The molecule has 0 aliphatic carbocycles. The van der Waals surface area contributed by atoms with Gasteiger partial charge in [0.25, 0.3) is 5.91 Å². The van der Waals surface area contributed by atoms with Gasteiger partial charge in [-0.15, -0.1) is 23.7 Å². The minimum absolute atomic E-state index is 0. The fourth-order valence-electron chi connectivity index (χ4n) is 3.31. The number of halogens is 1. The molecule has 0 radical (unpaired) electrons. The molecule has 1 fully saturated rings. The van der Waals surface area contributed by atoms with E-state index in [9.17, 15) is 9.59 Å². The summed E-state index contributed by atoms with van der Waals surface area (Å²) in [4.78, 5) is 31.0. The van der Waals surface area contributed by atoms with Crippen molar-refractivity contribution in [2.24, 2.45) is 0 Å². The first kappa shape index (κ1) is 21.9. The summed E-state index contributed by atoms with van der Waals surface area (Å²) in [6.45, 7) is 3.43. The smallest absolute Gasteiger partial charge is 0.409 e. The molecule has 3 aromatic rings. The first-order valence-corrected chi connectivity index (χ1v) is 10.4. The Hall–Kier alpha value is -2.84. The highest BCUT2D eigenvalue weighted by atomic mass is 35.5. The average molecular weight is 447 g/mol. The Bertz CT molecular complexity index is 992. The van der Waals surface area contributed by atoms with E-state index in [1.165, 1.54) is 11.3 Å². The highest BCUT2D eigenvalue weighted by molar-refractivity contribution is 7.20. The largest absolute Gasteiger partial charge is 0.450 e. The average Bonchev–Trinajstić information content (AvgIpc) is 3.37. The molecule has 2 aromatic heterocycles. The lowest BCUT2D eigenvalue weighted by Crippen LogP contribution is -2.32. The van der Waals surface area contributed by atoms with Gasteiger partial charge < -0.3 is 20.3 Å². The van der Waals surface area contributed by atoms with E-state index in [0.717, 1.165) is 16.5 Å². The lowest BCUT2D eigenvalue weighted by molar-refractivity contribution is 0.103. The number of thiophene rings is 1. The molecule has 9 heteroatoms. The van der Waals surface area contributed by atoms with E-state index in [1.807, 2.05) is 42.5 Å². The minimum atomic E-state index is -0.274. The highest BCUT2D eigenvalue weighted by Crippen LogP contribution is 2.26. The molecule has 7 nitrogen and oxygen atoms in total. The Morgan fingerprint density at radius 2 is 2.10 bits per heavy atom. The maximum absolute atomic E-state index is 12.5. The number of likely N-dealkylation sites (tertiary alicyclic amines) is 1. The number of ether oxygens (including phenoxy) is 1. The number of hydrogen-bond acceptors (Lipinski definition) is 6. The normalized spacial score (nSPS) is 15.5. The fraction of sp³-hybridized carbons (Fsp3) is 0.286. The predicted molar refractivity (Wildman–Crippen MR) is 122 cm³/mol. The number of amides is 2. The molecule has 1 aromatic carbocycles. The lowest BCUT2D eigenvalue weighted by Gasteiger charge is -2.16. The third-order valence-electron chi connectivity index (χ3n) is 4.74. The molecule has 0 bridgehead atoms. The van der Waals surface area contributed by atoms with Gasteiger partial charge in [-0.2, -0.15) is 0 Å². The van der Waals surface area contributed by atoms with Gasteiger partial charge in [-0.25, -0.2) is 9.78 Å². The number of nitrogens with zero attached hydrogens (tertiary/aromatic N) is 2. The van der Waals surface area contributed by atoms with Crippen molar-refractivity contribution in [3.8, 4) is 0 Å². The maximum Gasteiger partial charge on any atom is 0.409 e. The molecular weight excluding hydrogens is 424 g/mol. The molecule has 2 N–H and O–H groups in total. The topological polar surface area (TPSA) is 83.6 Å². The van der Waals surface area contributed by atoms with Crippen LogP contribution in [0.15, 0.2) is 48.7 Å². The van der Waals surface area contributed by atoms with Crippen molar-refractivity contribution in [1.29, 1.82) is 0 Å². The first-order valence-electron chi connectivity index (χ1n) is 9.56. The van der Waals surface area contributed by atoms with E-state index in [2.05, 4.69) is 15.6 Å². The van der Waals surface area contributed by atoms with E-state index in [4.69, 9.17) is 4.74 Å². The highest BCUT2D eigenvalue weighted by Gasteiger charge is 2.27. The van der Waals surface area contributed by atoms with Gasteiger partial charge in [0.15, 0.2) is 0 Å². The zero-order valence-corrected chi connectivity index (χ0v) is 18.1. The standard InChI is InChI=1S/C21H22N4O3S.ClH/c1-2-28-21(27)25-10-9-16(13-25)23-19-8-7-15(12-22-19)24-20(26)18-11-14-5-3-4-6-17(14)29-18;/h3-8,11-12,16H,2,9-10,13H2,1H3,(H,22,23)(H,24,26);1H/t16-;/m0./s1. The molecule has 158 valence electrons. The van der Waals surface area contributed by atoms with Gasteiger partial charge in [-0.1, -0.05) is 18.2 Å². The number of carbonyl (C=O) groups is 2. The van der Waals surface area contributed by atoms with E-state index < -0.39 is 0 Å². The van der Waals surface area contributed by atoms with Crippen LogP contribution in [-0.2, 0) is 4.74 Å². The number of nitrogens with one attached hydrogen (secondary N) is 2. The number of aromatic nitrogens is 1. The van der Waals surface area contributed by atoms with Gasteiger partial charge in [-0.05, 0) is 43.0 Å². The monoisotopic (exact) mass is 446 g/mol. The molecule has 4 rings (SSSR count). The van der Waals surface area contributed by atoms with E-state index in [1.54, 1.807) is 18.0 Å². The SMILES string of the molecule is CCOC(=O)N1CC[C@H](Nc2ccc(NC(=O)c3cc4ccccc4s3)cn2)C1.Cl. The molecule has 0 unspecified atom stereocenters. The summed E-state index contributed by atoms with van der Waals surface area (Å²) >= 11 is 1.47. The number of rotatable bonds is 5. The summed E-state index contributed by atoms with van der Waals surface area (Å²) in [6.07, 6.45) is 2.19. The van der Waals surface area contributed by atoms with Crippen LogP contribution in [0.25, 0.3) is 10.1 Å². The van der Waals surface area contributed by atoms with Crippen LogP contribution in [0.2, 0.25) is 0 Å². The number of hydrogen-bond donors (Lipinski definition) is 2. The zero-order chi connectivity index (χ0) is 20.2. The van der Waals surface area contributed by atoms with Crippen molar-refractivity contribution in [3.05, 3.63) is 53.5 Å². The summed E-state index contributed by atoms with van der Waals surface area (Å²) in [5.74, 6) is 0.565. The predicted octanol–water partition coefficient (Wildman–Crippen LogP) is 4.61. The number of fused-ring (bicyclic) bond motifs is 1. The van der Waals surface area contributed by atoms with Crippen LogP contribution in [0.4, 0.5) is 16.3 Å². The number of pyridine rings is 1. The number of anilines is 2. The van der Waals surface area contributed by atoms with Crippen LogP contribution >= 0.6 is 23.7 Å². The quantitative estimate of drug-likeness (QED) is 0.597. The second-order valence-corrected chi connectivity index (χ2v) is 7.89. The zero-order valence-electron chi connectivity index (χ0n) is 16.5. The van der Waals surface area contributed by atoms with Crippen LogP contribution in [0.5, 0.6) is 0 Å². The molecule has 1 atom stereocenters. The van der Waals surface area contributed by atoms with Crippen LogP contribution < -0.4 is 10.6 Å². The first-order chi connectivity index (χ1) is 14.1. The van der Waals surface area contributed by atoms with E-state index in [0.29, 0.717) is 36.1 Å². The van der Waals surface area contributed by atoms with Gasteiger partial charge >= 0.3 is 6.09 Å². The Labute approximate surface area is 184 Å². The minimum Gasteiger partial charge on any atom is -0.450 e. The lowest BCUT2D eigenvalue weighted by atomic mass is 10.2. The maximum atomic E-state index is 12.5. The van der Waals surface area contributed by atoms with Gasteiger partial charge in [0, 0.05) is 23.8 Å². The molecule has 1 saturated heterocycles. The Kier molecular flexibility index (Phi) is 7.12. The Morgan fingerprint density at radius 1 is 1.27 bits per heavy atom. The third-order valence-corrected chi connectivity index (χ3v) is 5.85. The van der Waals surface area contributed by atoms with E-state index >= 15 is 0 Å². The molecular formula is C21H23ClN4O3S. The van der Waals surface area contributed by atoms with Crippen LogP contribution in [0, 0.1) is 0 Å². The summed E-state index contributed by atoms with van der Waals surface area (Å²) in [7, 11) is 0. The van der Waals surface area contributed by atoms with Crippen molar-refractivity contribution in [1.82, 2.24) is 9.88 Å². The summed E-state index contributed by atoms with van der Waals surface area (Å²) in [5, 5.41) is 7.28. The van der Waals surface area contributed by atoms with Crippen LogP contribution in [0.3, 0.4) is 0 Å². The van der Waals surface area contributed by atoms with Gasteiger partial charge in [0.2, 0.25) is 0 Å². The van der Waals surface area contributed by atoms with Gasteiger partial charge in [-0.3, -0.25) is 4.79 Å². The second-order valence-electron chi connectivity index (χ2n) is 6.81. The van der Waals surface area contributed by atoms with Crippen molar-refractivity contribution < 1.29 is 14.3 Å². The summed E-state index contributed by atoms with van der Waals surface area (Å²) < 4.78 is 6.12. The third kappa shape index (κ3) is 5.01. The molecule has 1 aliphatic heterocycles. The van der Waals surface area contributed by atoms with Crippen molar-refractivity contribution in [3.63, 3.8) is 0 Å². The molecule has 0 saturated carbocycles. The fourth-order valence-corrected chi connectivity index (χ4v) is 4.27. The molecule has 2 amide bonds. The molecule has 1 aliphatic rings. The van der Waals surface area contributed by atoms with Crippen LogP contribution in [-0.4, -0.2) is 47.6 Å². The van der Waals surface area contributed by atoms with Gasteiger partial charge in [0.1, 0.15) is 5.82 Å². The molecule has 3 heterocycles. The molecule has 0 spiro atoms. The molecule has 30 heavy (non-hydrogen) atoms. The van der Waals surface area contributed by atoms with Gasteiger partial charge in [0.05, 0.1) is 23.4 Å². The second kappa shape index (κ2) is 9.77. The Morgan fingerprint density at radius 3 is 2.83 bits per heavy atom. The summed E-state index contributed by atoms with van der Waals surface area (Å²) in [5.41, 5.74) is 0.637. The van der Waals surface area contributed by atoms with E-state index in [-0.39, 0.29) is 30.4 Å². The van der Waals surface area contributed by atoms with Crippen molar-refractivity contribution >= 4 is 57.3 Å². The Balaban J connectivity index is 0.00000256. The number of benzene rings is 1. The van der Waals surface area contributed by atoms with Crippen LogP contribution in [0.1, 0.15) is 23.0 Å².